The minimum Gasteiger partial charge on any atom is -0.329 e. The third-order valence-electron chi connectivity index (χ3n) is 5.30. The maximum Gasteiger partial charge on any atom is 0.332 e. The molecular weight excluding hydrogens is 458 g/mol. The third-order valence-corrected chi connectivity index (χ3v) is 6.52. The van der Waals surface area contributed by atoms with E-state index in [0.29, 0.717) is 23.1 Å². The average molecular weight is 484 g/mol. The summed E-state index contributed by atoms with van der Waals surface area (Å²) in [4.78, 5) is 45.3. The smallest absolute Gasteiger partial charge is 0.329 e. The van der Waals surface area contributed by atoms with Crippen LogP contribution in [0, 0.1) is 0 Å². The number of rotatable bonds is 8. The number of fused-ring (bicyclic) bond motifs is 1. The van der Waals surface area contributed by atoms with E-state index in [4.69, 9.17) is 5.73 Å². The minimum atomic E-state index is -0.626. The van der Waals surface area contributed by atoms with Gasteiger partial charge in [0.2, 0.25) is 0 Å². The number of nitrogens with two attached hydrogens (primary N) is 1. The van der Waals surface area contributed by atoms with Crippen molar-refractivity contribution < 1.29 is 4.79 Å². The lowest BCUT2D eigenvalue weighted by Crippen LogP contribution is -2.41. The molecule has 4 aromatic rings. The zero-order chi connectivity index (χ0) is 24.6. The van der Waals surface area contributed by atoms with Crippen LogP contribution in [0.25, 0.3) is 11.2 Å². The number of tetrazole rings is 1. The first kappa shape index (κ1) is 23.6. The molecular formula is C21H25N9O3S. The lowest BCUT2D eigenvalue weighted by molar-refractivity contribution is 0.0969. The molecule has 0 aliphatic heterocycles. The molecule has 13 heteroatoms. The van der Waals surface area contributed by atoms with Gasteiger partial charge in [-0.3, -0.25) is 18.7 Å². The molecule has 2 N–H and O–H groups in total. The third kappa shape index (κ3) is 4.43. The van der Waals surface area contributed by atoms with Crippen LogP contribution in [0.5, 0.6) is 0 Å². The number of nitrogens with zero attached hydrogens (tertiary/aromatic N) is 8. The van der Waals surface area contributed by atoms with E-state index in [1.54, 1.807) is 41.9 Å². The Labute approximate surface area is 198 Å². The van der Waals surface area contributed by atoms with Crippen molar-refractivity contribution >= 4 is 28.7 Å². The Balaban J connectivity index is 1.91. The Hall–Kier alpha value is -3.58. The van der Waals surface area contributed by atoms with Gasteiger partial charge in [0.25, 0.3) is 5.56 Å². The molecule has 0 atom stereocenters. The van der Waals surface area contributed by atoms with Gasteiger partial charge in [-0.15, -0.1) is 10.2 Å². The average Bonchev–Trinajstić information content (AvgIpc) is 3.39. The van der Waals surface area contributed by atoms with Gasteiger partial charge in [-0.25, -0.2) is 9.78 Å². The van der Waals surface area contributed by atoms with Gasteiger partial charge in [0.05, 0.1) is 20.1 Å². The summed E-state index contributed by atoms with van der Waals surface area (Å²) in [6.45, 7) is 3.98. The molecule has 0 saturated heterocycles. The number of carbonyl (C=O) groups is 1. The van der Waals surface area contributed by atoms with Crippen LogP contribution in [0.1, 0.15) is 30.0 Å². The van der Waals surface area contributed by atoms with E-state index in [0.717, 1.165) is 4.57 Å². The molecule has 1 aromatic carbocycles. The van der Waals surface area contributed by atoms with Gasteiger partial charge in [0.1, 0.15) is 0 Å². The summed E-state index contributed by atoms with van der Waals surface area (Å²) in [6, 6.07) is 8.52. The van der Waals surface area contributed by atoms with Gasteiger partial charge in [-0.05, 0) is 19.1 Å². The highest BCUT2D eigenvalue weighted by atomic mass is 32.2. The molecule has 0 aliphatic rings. The molecule has 0 unspecified atom stereocenters. The van der Waals surface area contributed by atoms with Crippen LogP contribution in [0.2, 0.25) is 0 Å². The van der Waals surface area contributed by atoms with E-state index < -0.39 is 22.5 Å². The lowest BCUT2D eigenvalue weighted by Gasteiger charge is -2.21. The van der Waals surface area contributed by atoms with Crippen molar-refractivity contribution in [1.82, 2.24) is 38.9 Å². The quantitative estimate of drug-likeness (QED) is 0.274. The largest absolute Gasteiger partial charge is 0.332 e. The molecule has 0 saturated carbocycles. The number of aryl methyl sites for hydroxylation is 2. The number of benzene rings is 1. The van der Waals surface area contributed by atoms with E-state index in [2.05, 4.69) is 20.4 Å². The normalized spacial score (nSPS) is 11.9. The van der Waals surface area contributed by atoms with Crippen LogP contribution in [-0.2, 0) is 27.2 Å². The van der Waals surface area contributed by atoms with Crippen LogP contribution in [0.4, 0.5) is 0 Å². The van der Waals surface area contributed by atoms with Crippen LogP contribution in [-0.4, -0.2) is 56.0 Å². The Bertz CT molecular complexity index is 1480. The predicted octanol–water partition coefficient (Wildman–Crippen LogP) is 0.181. The molecule has 3 aromatic heterocycles. The molecule has 3 heterocycles. The number of Topliss-reactive ketones (excluding diaryl/α,β-unsaturated/α-hetero) is 1. The monoisotopic (exact) mass is 483 g/mol. The van der Waals surface area contributed by atoms with Gasteiger partial charge in [-0.1, -0.05) is 42.1 Å². The van der Waals surface area contributed by atoms with Gasteiger partial charge >= 0.3 is 5.69 Å². The number of thioether (sulfide) groups is 1. The molecule has 0 amide bonds. The van der Waals surface area contributed by atoms with Crippen LogP contribution in [0.15, 0.2) is 45.1 Å². The van der Waals surface area contributed by atoms with Crippen LogP contribution < -0.4 is 17.0 Å². The summed E-state index contributed by atoms with van der Waals surface area (Å²) in [7, 11) is 3.16. The summed E-state index contributed by atoms with van der Waals surface area (Å²) >= 11 is 1.38. The fourth-order valence-corrected chi connectivity index (χ4v) is 4.37. The van der Waals surface area contributed by atoms with Crippen molar-refractivity contribution in [2.24, 2.45) is 19.8 Å². The van der Waals surface area contributed by atoms with E-state index >= 15 is 0 Å². The molecule has 0 fully saturated rings. The first-order valence-corrected chi connectivity index (χ1v) is 11.3. The second kappa shape index (κ2) is 8.99. The molecule has 0 radical (unpaired) electrons. The van der Waals surface area contributed by atoms with Crippen LogP contribution >= 0.6 is 11.8 Å². The summed E-state index contributed by atoms with van der Waals surface area (Å²) in [5.41, 5.74) is 5.47. The molecule has 34 heavy (non-hydrogen) atoms. The Morgan fingerprint density at radius 3 is 2.44 bits per heavy atom. The van der Waals surface area contributed by atoms with Crippen molar-refractivity contribution in [3.8, 4) is 0 Å². The van der Waals surface area contributed by atoms with Crippen molar-refractivity contribution in [3.05, 3.63) is 62.6 Å². The number of ketones is 1. The maximum absolute atomic E-state index is 13.6. The number of carbonyl (C=O) groups excluding carboxylic acids is 1. The van der Waals surface area contributed by atoms with Crippen molar-refractivity contribution in [3.63, 3.8) is 0 Å². The highest BCUT2D eigenvalue weighted by Crippen LogP contribution is 2.32. The topological polar surface area (TPSA) is 149 Å². The molecule has 0 bridgehead atoms. The van der Waals surface area contributed by atoms with Crippen LogP contribution in [0.3, 0.4) is 0 Å². The fourth-order valence-electron chi connectivity index (χ4n) is 3.39. The van der Waals surface area contributed by atoms with Crippen molar-refractivity contribution in [1.29, 1.82) is 0 Å². The molecule has 0 aliphatic carbocycles. The first-order valence-electron chi connectivity index (χ1n) is 10.5. The zero-order valence-corrected chi connectivity index (χ0v) is 20.1. The highest BCUT2D eigenvalue weighted by Gasteiger charge is 2.27. The van der Waals surface area contributed by atoms with Crippen molar-refractivity contribution in [2.75, 3.05) is 6.54 Å². The highest BCUT2D eigenvalue weighted by molar-refractivity contribution is 8.00. The molecule has 0 spiro atoms. The van der Waals surface area contributed by atoms with Gasteiger partial charge in [0.15, 0.2) is 27.9 Å². The van der Waals surface area contributed by atoms with Gasteiger partial charge < -0.3 is 10.3 Å². The van der Waals surface area contributed by atoms with Gasteiger partial charge in [0, 0.05) is 23.9 Å². The van der Waals surface area contributed by atoms with E-state index in [1.807, 2.05) is 13.8 Å². The lowest BCUT2D eigenvalue weighted by atomic mass is 10.1. The maximum atomic E-state index is 13.6. The standard InChI is InChI=1S/C21H25N9O3S/c1-21(2,12-22)34-19-23-17-16(29(19)11-15-24-26-28(4)25-15)18(32)30(20(33)27(17)3)10-14(31)13-8-6-5-7-9-13/h5-9H,10-12,22H2,1-4H3. The van der Waals surface area contributed by atoms with Gasteiger partial charge in [-0.2, -0.15) is 4.80 Å². The molecule has 4 rings (SSSR count). The predicted molar refractivity (Wildman–Crippen MR) is 127 cm³/mol. The fraction of sp³-hybridized carbons (Fsp3) is 0.381. The SMILES string of the molecule is Cn1nnc(Cn2c(SC(C)(C)CN)nc3c2c(=O)n(CC(=O)c2ccccc2)c(=O)n3C)n1. The first-order chi connectivity index (χ1) is 16.1. The molecule has 178 valence electrons. The number of hydrogen-bond acceptors (Lipinski definition) is 9. The zero-order valence-electron chi connectivity index (χ0n) is 19.3. The summed E-state index contributed by atoms with van der Waals surface area (Å²) in [6.07, 6.45) is 0. The van der Waals surface area contributed by atoms with E-state index in [9.17, 15) is 14.4 Å². The number of hydrogen-bond donors (Lipinski definition) is 1. The molecule has 12 nitrogen and oxygen atoms in total. The number of imidazole rings is 1. The Kier molecular flexibility index (Phi) is 6.23. The summed E-state index contributed by atoms with van der Waals surface area (Å²) in [5, 5.41) is 12.6. The Morgan fingerprint density at radius 1 is 1.12 bits per heavy atom. The number of aromatic nitrogens is 8. The second-order valence-corrected chi connectivity index (χ2v) is 10.1. The minimum absolute atomic E-state index is 0.105. The Morgan fingerprint density at radius 2 is 1.82 bits per heavy atom. The second-order valence-electron chi connectivity index (χ2n) is 8.44. The van der Waals surface area contributed by atoms with E-state index in [1.165, 1.54) is 28.2 Å². The summed E-state index contributed by atoms with van der Waals surface area (Å²) in [5.74, 6) is 0.0223. The van der Waals surface area contributed by atoms with E-state index in [-0.39, 0.29) is 23.5 Å². The summed E-state index contributed by atoms with van der Waals surface area (Å²) < 4.78 is 3.47. The van der Waals surface area contributed by atoms with Crippen molar-refractivity contribution in [2.45, 2.75) is 36.8 Å².